The first-order chi connectivity index (χ1) is 8.70. The molecule has 0 fully saturated rings. The summed E-state index contributed by atoms with van der Waals surface area (Å²) in [6, 6.07) is 15.0. The van der Waals surface area contributed by atoms with Gasteiger partial charge in [-0.15, -0.1) is 0 Å². The van der Waals surface area contributed by atoms with Gasteiger partial charge >= 0.3 is 0 Å². The number of aliphatic hydroxyl groups is 1. The van der Waals surface area contributed by atoms with E-state index in [1.807, 2.05) is 42.5 Å². The maximum Gasteiger partial charge on any atom is 0.118 e. The quantitative estimate of drug-likeness (QED) is 0.912. The molecule has 1 unspecified atom stereocenters. The van der Waals surface area contributed by atoms with Gasteiger partial charge in [0, 0.05) is 11.4 Å². The van der Waals surface area contributed by atoms with Gasteiger partial charge in [-0.3, -0.25) is 0 Å². The molecule has 0 aromatic heterocycles. The first kappa shape index (κ1) is 12.9. The molecular weight excluding hydrogens is 248 g/mol. The van der Waals surface area contributed by atoms with E-state index in [9.17, 15) is 5.11 Å². The summed E-state index contributed by atoms with van der Waals surface area (Å²) in [5.41, 5.74) is 1.80. The van der Waals surface area contributed by atoms with Crippen molar-refractivity contribution in [2.75, 3.05) is 7.11 Å². The summed E-state index contributed by atoms with van der Waals surface area (Å²) in [5.74, 6) is 0.811. The van der Waals surface area contributed by atoms with Gasteiger partial charge < -0.3 is 9.84 Å². The molecule has 0 saturated carbocycles. The van der Waals surface area contributed by atoms with Crippen LogP contribution in [-0.4, -0.2) is 12.2 Å². The predicted molar refractivity (Wildman–Crippen MR) is 73.1 cm³/mol. The predicted octanol–water partition coefficient (Wildman–Crippen LogP) is 3.62. The molecule has 0 saturated heterocycles. The van der Waals surface area contributed by atoms with Crippen molar-refractivity contribution in [1.82, 2.24) is 0 Å². The van der Waals surface area contributed by atoms with Gasteiger partial charge in [-0.2, -0.15) is 0 Å². The molecule has 0 heterocycles. The standard InChI is InChI=1S/C15H15ClO2/c1-18-12-8-6-11(7-9-12)10-15(17)13-4-2-3-5-14(13)16/h2-9,15,17H,10H2,1H3. The number of ether oxygens (including phenoxy) is 1. The zero-order valence-corrected chi connectivity index (χ0v) is 10.9. The van der Waals surface area contributed by atoms with Gasteiger partial charge in [0.2, 0.25) is 0 Å². The molecule has 2 nitrogen and oxygen atoms in total. The zero-order chi connectivity index (χ0) is 13.0. The Balaban J connectivity index is 2.11. The second kappa shape index (κ2) is 5.89. The molecule has 2 rings (SSSR count). The van der Waals surface area contributed by atoms with E-state index in [1.54, 1.807) is 13.2 Å². The van der Waals surface area contributed by atoms with Crippen LogP contribution in [0.4, 0.5) is 0 Å². The molecule has 0 aliphatic carbocycles. The van der Waals surface area contributed by atoms with Gasteiger partial charge in [0.25, 0.3) is 0 Å². The van der Waals surface area contributed by atoms with Crippen LogP contribution >= 0.6 is 11.6 Å². The Kier molecular flexibility index (Phi) is 4.24. The van der Waals surface area contributed by atoms with Crippen molar-refractivity contribution in [3.8, 4) is 5.75 Å². The highest BCUT2D eigenvalue weighted by Crippen LogP contribution is 2.25. The van der Waals surface area contributed by atoms with Crippen molar-refractivity contribution in [3.63, 3.8) is 0 Å². The van der Waals surface area contributed by atoms with E-state index in [4.69, 9.17) is 16.3 Å². The second-order valence-corrected chi connectivity index (χ2v) is 4.50. The van der Waals surface area contributed by atoms with Crippen LogP contribution in [0.5, 0.6) is 5.75 Å². The van der Waals surface area contributed by atoms with E-state index in [1.165, 1.54) is 0 Å². The molecule has 18 heavy (non-hydrogen) atoms. The largest absolute Gasteiger partial charge is 0.497 e. The molecule has 0 aliphatic heterocycles. The summed E-state index contributed by atoms with van der Waals surface area (Å²) in [6.07, 6.45) is -0.0552. The molecule has 1 atom stereocenters. The van der Waals surface area contributed by atoms with Crippen LogP contribution in [0, 0.1) is 0 Å². The lowest BCUT2D eigenvalue weighted by Gasteiger charge is -2.13. The zero-order valence-electron chi connectivity index (χ0n) is 10.1. The van der Waals surface area contributed by atoms with Crippen molar-refractivity contribution < 1.29 is 9.84 Å². The van der Waals surface area contributed by atoms with E-state index in [0.29, 0.717) is 11.4 Å². The average molecular weight is 263 g/mol. The normalized spacial score (nSPS) is 12.2. The lowest BCUT2D eigenvalue weighted by molar-refractivity contribution is 0.178. The van der Waals surface area contributed by atoms with Gasteiger partial charge in [0.1, 0.15) is 5.75 Å². The van der Waals surface area contributed by atoms with Gasteiger partial charge in [0.15, 0.2) is 0 Å². The minimum atomic E-state index is -0.591. The van der Waals surface area contributed by atoms with Crippen molar-refractivity contribution in [2.24, 2.45) is 0 Å². The number of hydrogen-bond acceptors (Lipinski definition) is 2. The van der Waals surface area contributed by atoms with Crippen molar-refractivity contribution in [1.29, 1.82) is 0 Å². The Morgan fingerprint density at radius 3 is 2.39 bits per heavy atom. The lowest BCUT2D eigenvalue weighted by atomic mass is 10.0. The first-order valence-electron chi connectivity index (χ1n) is 5.76. The first-order valence-corrected chi connectivity index (χ1v) is 6.14. The van der Waals surface area contributed by atoms with Crippen LogP contribution in [0.25, 0.3) is 0 Å². The van der Waals surface area contributed by atoms with Crippen LogP contribution in [0.2, 0.25) is 5.02 Å². The highest BCUT2D eigenvalue weighted by atomic mass is 35.5. The van der Waals surface area contributed by atoms with Gasteiger partial charge in [0.05, 0.1) is 13.2 Å². The van der Waals surface area contributed by atoms with E-state index in [-0.39, 0.29) is 0 Å². The van der Waals surface area contributed by atoms with Gasteiger partial charge in [-0.1, -0.05) is 41.9 Å². The summed E-state index contributed by atoms with van der Waals surface area (Å²) >= 11 is 6.05. The fourth-order valence-corrected chi connectivity index (χ4v) is 2.10. The molecule has 2 aromatic carbocycles. The fraction of sp³-hybridized carbons (Fsp3) is 0.200. The van der Waals surface area contributed by atoms with E-state index in [0.717, 1.165) is 16.9 Å². The van der Waals surface area contributed by atoms with Crippen LogP contribution in [-0.2, 0) is 6.42 Å². The Morgan fingerprint density at radius 1 is 1.11 bits per heavy atom. The SMILES string of the molecule is COc1ccc(CC(O)c2ccccc2Cl)cc1. The minimum absolute atomic E-state index is 0.535. The molecule has 0 spiro atoms. The van der Waals surface area contributed by atoms with Crippen molar-refractivity contribution in [2.45, 2.75) is 12.5 Å². The Hall–Kier alpha value is -1.51. The Bertz CT molecular complexity index is 508. The van der Waals surface area contributed by atoms with Gasteiger partial charge in [-0.25, -0.2) is 0 Å². The maximum absolute atomic E-state index is 10.2. The number of halogens is 1. The second-order valence-electron chi connectivity index (χ2n) is 4.09. The Labute approximate surface area is 112 Å². The monoisotopic (exact) mass is 262 g/mol. The highest BCUT2D eigenvalue weighted by Gasteiger charge is 2.11. The van der Waals surface area contributed by atoms with Crippen LogP contribution < -0.4 is 4.74 Å². The fourth-order valence-electron chi connectivity index (χ4n) is 1.84. The summed E-state index contributed by atoms with van der Waals surface area (Å²) in [5, 5.41) is 10.8. The molecule has 94 valence electrons. The van der Waals surface area contributed by atoms with E-state index in [2.05, 4.69) is 0 Å². The number of rotatable bonds is 4. The number of methoxy groups -OCH3 is 1. The molecule has 0 aliphatic rings. The van der Waals surface area contributed by atoms with Crippen LogP contribution in [0.15, 0.2) is 48.5 Å². The summed E-state index contributed by atoms with van der Waals surface area (Å²) < 4.78 is 5.09. The Morgan fingerprint density at radius 2 is 1.78 bits per heavy atom. The van der Waals surface area contributed by atoms with Crippen LogP contribution in [0.1, 0.15) is 17.2 Å². The van der Waals surface area contributed by atoms with E-state index < -0.39 is 6.10 Å². The number of hydrogen-bond donors (Lipinski definition) is 1. The van der Waals surface area contributed by atoms with Crippen molar-refractivity contribution in [3.05, 3.63) is 64.7 Å². The number of aliphatic hydroxyl groups excluding tert-OH is 1. The molecule has 0 radical (unpaired) electrons. The molecule has 1 N–H and O–H groups in total. The molecule has 0 amide bonds. The van der Waals surface area contributed by atoms with Gasteiger partial charge in [-0.05, 0) is 29.3 Å². The highest BCUT2D eigenvalue weighted by molar-refractivity contribution is 6.31. The maximum atomic E-state index is 10.2. The summed E-state index contributed by atoms with van der Waals surface area (Å²) in [4.78, 5) is 0. The molecule has 0 bridgehead atoms. The molecule has 2 aromatic rings. The van der Waals surface area contributed by atoms with E-state index >= 15 is 0 Å². The third-order valence-corrected chi connectivity index (χ3v) is 3.20. The summed E-state index contributed by atoms with van der Waals surface area (Å²) in [7, 11) is 1.63. The van der Waals surface area contributed by atoms with Crippen molar-refractivity contribution >= 4 is 11.6 Å². The smallest absolute Gasteiger partial charge is 0.118 e. The van der Waals surface area contributed by atoms with Crippen LogP contribution in [0.3, 0.4) is 0 Å². The topological polar surface area (TPSA) is 29.5 Å². The number of benzene rings is 2. The minimum Gasteiger partial charge on any atom is -0.497 e. The molecule has 3 heteroatoms. The molecular formula is C15H15ClO2. The lowest BCUT2D eigenvalue weighted by Crippen LogP contribution is -2.02. The third-order valence-electron chi connectivity index (χ3n) is 2.85. The summed E-state index contributed by atoms with van der Waals surface area (Å²) in [6.45, 7) is 0. The third kappa shape index (κ3) is 3.03. The average Bonchev–Trinajstić information content (AvgIpc) is 2.40.